The van der Waals surface area contributed by atoms with Crippen LogP contribution in [0.3, 0.4) is 0 Å². The number of aromatic nitrogens is 1. The van der Waals surface area contributed by atoms with Gasteiger partial charge in [-0.1, -0.05) is 23.7 Å². The van der Waals surface area contributed by atoms with Crippen molar-refractivity contribution in [2.45, 2.75) is 13.3 Å². The molecule has 88 valence electrons. The number of carboxylic acids is 1. The molecule has 1 heterocycles. The van der Waals surface area contributed by atoms with E-state index >= 15 is 0 Å². The predicted octanol–water partition coefficient (Wildman–Crippen LogP) is 3.26. The molecule has 0 spiro atoms. The summed E-state index contributed by atoms with van der Waals surface area (Å²) in [5, 5.41) is 13.0. The molecule has 1 aromatic carbocycles. The minimum atomic E-state index is -1.14. The number of hydrogen-bond donors (Lipinski definition) is 1. The number of carbonyl (C=O) groups is 1. The Morgan fingerprint density at radius 1 is 1.41 bits per heavy atom. The van der Waals surface area contributed by atoms with Crippen LogP contribution in [0.25, 0.3) is 11.3 Å². The lowest BCUT2D eigenvalue weighted by Gasteiger charge is -2.01. The Hall–Kier alpha value is -1.81. The SMILES string of the molecule is CCc1cc(Cl)cc(-c2cc(C(=O)O)on2)c1. The standard InChI is InChI=1S/C12H10ClNO3/c1-2-7-3-8(5-9(13)4-7)10-6-11(12(15)16)17-14-10/h3-6H,2H2,1H3,(H,15,16). The summed E-state index contributed by atoms with van der Waals surface area (Å²) in [6, 6.07) is 6.89. The highest BCUT2D eigenvalue weighted by Gasteiger charge is 2.13. The molecule has 2 rings (SSSR count). The lowest BCUT2D eigenvalue weighted by molar-refractivity contribution is 0.0652. The summed E-state index contributed by atoms with van der Waals surface area (Å²) < 4.78 is 4.70. The molecule has 17 heavy (non-hydrogen) atoms. The smallest absolute Gasteiger partial charge is 0.374 e. The number of hydrogen-bond acceptors (Lipinski definition) is 3. The zero-order valence-electron chi connectivity index (χ0n) is 9.11. The van der Waals surface area contributed by atoms with Crippen LogP contribution < -0.4 is 0 Å². The van der Waals surface area contributed by atoms with Crippen LogP contribution >= 0.6 is 11.6 Å². The van der Waals surface area contributed by atoms with Gasteiger partial charge in [0.1, 0.15) is 5.69 Å². The highest BCUT2D eigenvalue weighted by Crippen LogP contribution is 2.25. The molecule has 0 radical (unpaired) electrons. The second-order valence-corrected chi connectivity index (χ2v) is 4.02. The van der Waals surface area contributed by atoms with Gasteiger partial charge in [-0.05, 0) is 30.2 Å². The number of halogens is 1. The molecule has 0 bridgehead atoms. The Balaban J connectivity index is 2.44. The average Bonchev–Trinajstić information content (AvgIpc) is 2.77. The maximum Gasteiger partial charge on any atom is 0.374 e. The molecule has 0 aliphatic heterocycles. The second kappa shape index (κ2) is 4.59. The maximum atomic E-state index is 10.7. The molecule has 0 fully saturated rings. The number of rotatable bonds is 3. The van der Waals surface area contributed by atoms with Gasteiger partial charge in [-0.3, -0.25) is 0 Å². The second-order valence-electron chi connectivity index (χ2n) is 3.58. The largest absolute Gasteiger partial charge is 0.475 e. The van der Waals surface area contributed by atoms with Gasteiger partial charge in [0.05, 0.1) is 0 Å². The van der Waals surface area contributed by atoms with Gasteiger partial charge in [0, 0.05) is 16.7 Å². The molecule has 0 saturated heterocycles. The van der Waals surface area contributed by atoms with Crippen molar-refractivity contribution in [2.24, 2.45) is 0 Å². The molecule has 0 amide bonds. The van der Waals surface area contributed by atoms with Crippen LogP contribution in [-0.4, -0.2) is 16.2 Å². The van der Waals surface area contributed by atoms with Crippen molar-refractivity contribution < 1.29 is 14.4 Å². The van der Waals surface area contributed by atoms with Gasteiger partial charge in [0.15, 0.2) is 0 Å². The van der Waals surface area contributed by atoms with E-state index in [1.807, 2.05) is 19.1 Å². The maximum absolute atomic E-state index is 10.7. The fraction of sp³-hybridized carbons (Fsp3) is 0.167. The van der Waals surface area contributed by atoms with Crippen LogP contribution in [0.2, 0.25) is 5.02 Å². The zero-order valence-corrected chi connectivity index (χ0v) is 9.86. The zero-order chi connectivity index (χ0) is 12.4. The monoisotopic (exact) mass is 251 g/mol. The van der Waals surface area contributed by atoms with Crippen LogP contribution in [0.5, 0.6) is 0 Å². The first-order valence-corrected chi connectivity index (χ1v) is 5.48. The lowest BCUT2D eigenvalue weighted by atomic mass is 10.1. The quantitative estimate of drug-likeness (QED) is 0.909. The first kappa shape index (κ1) is 11.7. The van der Waals surface area contributed by atoms with E-state index in [0.717, 1.165) is 17.5 Å². The van der Waals surface area contributed by atoms with E-state index < -0.39 is 5.97 Å². The van der Waals surface area contributed by atoms with Gasteiger partial charge in [0.25, 0.3) is 0 Å². The Kier molecular flexibility index (Phi) is 3.15. The third-order valence-corrected chi connectivity index (χ3v) is 2.60. The lowest BCUT2D eigenvalue weighted by Crippen LogP contribution is -1.91. The van der Waals surface area contributed by atoms with Crippen LogP contribution in [0.15, 0.2) is 28.8 Å². The summed E-state index contributed by atoms with van der Waals surface area (Å²) in [6.07, 6.45) is 0.844. The third kappa shape index (κ3) is 2.47. The topological polar surface area (TPSA) is 63.3 Å². The number of nitrogens with zero attached hydrogens (tertiary/aromatic N) is 1. The van der Waals surface area contributed by atoms with Gasteiger partial charge in [-0.2, -0.15) is 0 Å². The molecule has 1 N–H and O–H groups in total. The van der Waals surface area contributed by atoms with Crippen molar-refractivity contribution in [3.05, 3.63) is 40.6 Å². The summed E-state index contributed by atoms with van der Waals surface area (Å²) in [5.74, 6) is -1.32. The normalized spacial score (nSPS) is 10.5. The number of aryl methyl sites for hydroxylation is 1. The highest BCUT2D eigenvalue weighted by molar-refractivity contribution is 6.30. The van der Waals surface area contributed by atoms with Crippen LogP contribution in [0.4, 0.5) is 0 Å². The van der Waals surface area contributed by atoms with Crippen molar-refractivity contribution >= 4 is 17.6 Å². The van der Waals surface area contributed by atoms with Crippen molar-refractivity contribution in [2.75, 3.05) is 0 Å². The fourth-order valence-corrected chi connectivity index (χ4v) is 1.77. The van der Waals surface area contributed by atoms with Crippen molar-refractivity contribution in [3.8, 4) is 11.3 Å². The van der Waals surface area contributed by atoms with Crippen molar-refractivity contribution in [3.63, 3.8) is 0 Å². The molecule has 0 atom stereocenters. The van der Waals surface area contributed by atoms with E-state index in [1.165, 1.54) is 6.07 Å². The Morgan fingerprint density at radius 2 is 2.18 bits per heavy atom. The first-order chi connectivity index (χ1) is 8.10. The van der Waals surface area contributed by atoms with Gasteiger partial charge in [-0.25, -0.2) is 4.79 Å². The summed E-state index contributed by atoms with van der Waals surface area (Å²) in [7, 11) is 0. The molecule has 4 nitrogen and oxygen atoms in total. The molecule has 0 aliphatic carbocycles. The number of carboxylic acid groups (broad SMARTS) is 1. The molecule has 0 aliphatic rings. The molecule has 1 aromatic heterocycles. The van der Waals surface area contributed by atoms with Crippen LogP contribution in [0.1, 0.15) is 23.0 Å². The summed E-state index contributed by atoms with van der Waals surface area (Å²) in [6.45, 7) is 2.01. The minimum absolute atomic E-state index is 0.182. The minimum Gasteiger partial charge on any atom is -0.475 e. The van der Waals surface area contributed by atoms with E-state index in [-0.39, 0.29) is 5.76 Å². The first-order valence-electron chi connectivity index (χ1n) is 5.10. The Labute approximate surface area is 103 Å². The summed E-state index contributed by atoms with van der Waals surface area (Å²) in [4.78, 5) is 10.7. The number of aromatic carboxylic acids is 1. The van der Waals surface area contributed by atoms with Gasteiger partial charge < -0.3 is 9.63 Å². The molecule has 5 heteroatoms. The fourth-order valence-electron chi connectivity index (χ4n) is 1.51. The summed E-state index contributed by atoms with van der Waals surface area (Å²) in [5.41, 5.74) is 2.29. The van der Waals surface area contributed by atoms with E-state index in [0.29, 0.717) is 10.7 Å². The van der Waals surface area contributed by atoms with Gasteiger partial charge in [0.2, 0.25) is 5.76 Å². The molecule has 0 unspecified atom stereocenters. The Bertz CT molecular complexity index is 563. The molecular weight excluding hydrogens is 242 g/mol. The average molecular weight is 252 g/mol. The third-order valence-electron chi connectivity index (χ3n) is 2.38. The van der Waals surface area contributed by atoms with Crippen LogP contribution in [0, 0.1) is 0 Å². The molecular formula is C12H10ClNO3. The van der Waals surface area contributed by atoms with Gasteiger partial charge in [-0.15, -0.1) is 0 Å². The number of benzene rings is 1. The van der Waals surface area contributed by atoms with Crippen molar-refractivity contribution in [1.29, 1.82) is 0 Å². The highest BCUT2D eigenvalue weighted by atomic mass is 35.5. The Morgan fingerprint density at radius 3 is 2.76 bits per heavy atom. The van der Waals surface area contributed by atoms with Crippen molar-refractivity contribution in [1.82, 2.24) is 5.16 Å². The predicted molar refractivity (Wildman–Crippen MR) is 63.3 cm³/mol. The van der Waals surface area contributed by atoms with Gasteiger partial charge >= 0.3 is 5.97 Å². The van der Waals surface area contributed by atoms with E-state index in [1.54, 1.807) is 6.07 Å². The van der Waals surface area contributed by atoms with E-state index in [4.69, 9.17) is 21.2 Å². The van der Waals surface area contributed by atoms with E-state index in [9.17, 15) is 4.79 Å². The summed E-state index contributed by atoms with van der Waals surface area (Å²) >= 11 is 5.97. The molecule has 2 aromatic rings. The molecule has 0 saturated carbocycles. The van der Waals surface area contributed by atoms with E-state index in [2.05, 4.69) is 5.16 Å². The van der Waals surface area contributed by atoms with Crippen LogP contribution in [-0.2, 0) is 6.42 Å².